The van der Waals surface area contributed by atoms with E-state index in [4.69, 9.17) is 11.6 Å². The molecule has 3 nitrogen and oxygen atoms in total. The molecule has 0 unspecified atom stereocenters. The summed E-state index contributed by atoms with van der Waals surface area (Å²) in [5.41, 5.74) is 2.16. The van der Waals surface area contributed by atoms with Gasteiger partial charge in [-0.05, 0) is 24.3 Å². The second-order valence-electron chi connectivity index (χ2n) is 3.63. The quantitative estimate of drug-likeness (QED) is 0.620. The molecule has 5 heteroatoms. The Kier molecular flexibility index (Phi) is 2.12. The summed E-state index contributed by atoms with van der Waals surface area (Å²) in [5, 5.41) is 0.246. The van der Waals surface area contributed by atoms with Crippen molar-refractivity contribution < 1.29 is 9.18 Å². The number of aromatic nitrogens is 2. The third-order valence-electron chi connectivity index (χ3n) is 2.64. The van der Waals surface area contributed by atoms with E-state index in [1.165, 1.54) is 12.1 Å². The fourth-order valence-electron chi connectivity index (χ4n) is 1.91. The van der Waals surface area contributed by atoms with Crippen molar-refractivity contribution in [3.63, 3.8) is 0 Å². The number of carbonyl (C=O) groups excluding carboxylic acids is 1. The van der Waals surface area contributed by atoms with Crippen molar-refractivity contribution >= 4 is 34.4 Å². The summed E-state index contributed by atoms with van der Waals surface area (Å²) < 4.78 is 14.8. The average Bonchev–Trinajstić information content (AvgIpc) is 2.73. The van der Waals surface area contributed by atoms with Crippen molar-refractivity contribution in [3.8, 4) is 0 Å². The van der Waals surface area contributed by atoms with E-state index in [2.05, 4.69) is 4.98 Å². The first-order valence-corrected chi connectivity index (χ1v) is 5.30. The lowest BCUT2D eigenvalue weighted by atomic mass is 10.3. The molecule has 0 radical (unpaired) electrons. The lowest BCUT2D eigenvalue weighted by Gasteiger charge is -2.05. The van der Waals surface area contributed by atoms with Crippen LogP contribution in [0.3, 0.4) is 0 Å². The summed E-state index contributed by atoms with van der Waals surface area (Å²) in [7, 11) is 0. The Morgan fingerprint density at radius 1 is 1.24 bits per heavy atom. The molecule has 3 rings (SSSR count). The molecule has 0 bridgehead atoms. The van der Waals surface area contributed by atoms with Crippen molar-refractivity contribution in [2.75, 3.05) is 0 Å². The van der Waals surface area contributed by atoms with Gasteiger partial charge in [0.2, 0.25) is 0 Å². The van der Waals surface area contributed by atoms with Crippen LogP contribution in [-0.2, 0) is 0 Å². The maximum absolute atomic E-state index is 13.1. The Labute approximate surface area is 100 Å². The Hall–Kier alpha value is -1.94. The van der Waals surface area contributed by atoms with E-state index in [0.29, 0.717) is 22.2 Å². The number of hydrogen-bond donors (Lipinski definition) is 0. The van der Waals surface area contributed by atoms with Gasteiger partial charge in [-0.25, -0.2) is 9.37 Å². The second-order valence-corrected chi connectivity index (χ2v) is 3.99. The molecule has 0 spiro atoms. The summed E-state index contributed by atoms with van der Waals surface area (Å²) in [4.78, 5) is 15.0. The van der Waals surface area contributed by atoms with E-state index in [1.807, 2.05) is 0 Å². The maximum atomic E-state index is 13.1. The largest absolute Gasteiger partial charge is 0.302 e. The first kappa shape index (κ1) is 10.2. The van der Waals surface area contributed by atoms with Crippen LogP contribution in [0.25, 0.3) is 16.6 Å². The molecule has 0 atom stereocenters. The standard InChI is InChI=1S/C12H6ClFN2O/c13-12-11-4-2-8(6-17)16(11)10-3-1-7(14)5-9(10)15-12/h1-6H. The Morgan fingerprint density at radius 2 is 2.00 bits per heavy atom. The SMILES string of the molecule is O=Cc1ccc2c(Cl)nc3cc(F)ccc3n12. The summed E-state index contributed by atoms with van der Waals surface area (Å²) >= 11 is 5.99. The fourth-order valence-corrected chi connectivity index (χ4v) is 2.15. The number of carbonyl (C=O) groups is 1. The maximum Gasteiger partial charge on any atom is 0.166 e. The number of nitrogens with zero attached hydrogens (tertiary/aromatic N) is 2. The molecule has 0 aliphatic carbocycles. The molecule has 0 N–H and O–H groups in total. The van der Waals surface area contributed by atoms with Crippen LogP contribution >= 0.6 is 11.6 Å². The highest BCUT2D eigenvalue weighted by Gasteiger charge is 2.10. The molecule has 1 aromatic carbocycles. The number of benzene rings is 1. The van der Waals surface area contributed by atoms with Gasteiger partial charge >= 0.3 is 0 Å². The molecule has 0 amide bonds. The molecular weight excluding hydrogens is 243 g/mol. The first-order chi connectivity index (χ1) is 8.20. The third kappa shape index (κ3) is 1.41. The van der Waals surface area contributed by atoms with Crippen molar-refractivity contribution in [2.24, 2.45) is 0 Å². The number of fused-ring (bicyclic) bond motifs is 3. The van der Waals surface area contributed by atoms with E-state index in [-0.39, 0.29) is 11.0 Å². The van der Waals surface area contributed by atoms with Crippen LogP contribution in [0.15, 0.2) is 30.3 Å². The monoisotopic (exact) mass is 248 g/mol. The number of halogens is 2. The molecule has 3 aromatic rings. The van der Waals surface area contributed by atoms with Gasteiger partial charge in [0, 0.05) is 6.07 Å². The molecule has 0 aliphatic heterocycles. The number of hydrogen-bond acceptors (Lipinski definition) is 2. The van der Waals surface area contributed by atoms with Gasteiger partial charge in [0.15, 0.2) is 11.4 Å². The van der Waals surface area contributed by atoms with Crippen LogP contribution in [0.4, 0.5) is 4.39 Å². The summed E-state index contributed by atoms with van der Waals surface area (Å²) in [5.74, 6) is -0.389. The van der Waals surface area contributed by atoms with Gasteiger partial charge in [-0.1, -0.05) is 11.6 Å². The molecule has 0 fully saturated rings. The molecule has 0 aliphatic rings. The highest BCUT2D eigenvalue weighted by molar-refractivity contribution is 6.33. The van der Waals surface area contributed by atoms with Crippen LogP contribution in [-0.4, -0.2) is 15.7 Å². The van der Waals surface area contributed by atoms with Gasteiger partial charge in [-0.3, -0.25) is 4.79 Å². The first-order valence-electron chi connectivity index (χ1n) is 4.92. The fraction of sp³-hybridized carbons (Fsp3) is 0. The lowest BCUT2D eigenvalue weighted by molar-refractivity contribution is 0.111. The Morgan fingerprint density at radius 3 is 2.76 bits per heavy atom. The van der Waals surface area contributed by atoms with Crippen LogP contribution < -0.4 is 0 Å². The molecule has 2 aromatic heterocycles. The van der Waals surface area contributed by atoms with E-state index in [0.717, 1.165) is 6.29 Å². The normalized spacial score (nSPS) is 11.2. The van der Waals surface area contributed by atoms with Crippen LogP contribution in [0.5, 0.6) is 0 Å². The predicted octanol–water partition coefficient (Wildman–Crippen LogP) is 3.09. The zero-order valence-electron chi connectivity index (χ0n) is 8.52. The minimum atomic E-state index is -0.389. The minimum absolute atomic E-state index is 0.246. The van der Waals surface area contributed by atoms with Gasteiger partial charge < -0.3 is 4.40 Å². The smallest absolute Gasteiger partial charge is 0.166 e. The highest BCUT2D eigenvalue weighted by Crippen LogP contribution is 2.24. The van der Waals surface area contributed by atoms with E-state index >= 15 is 0 Å². The molecule has 2 heterocycles. The van der Waals surface area contributed by atoms with Crippen molar-refractivity contribution in [2.45, 2.75) is 0 Å². The van der Waals surface area contributed by atoms with Gasteiger partial charge in [-0.2, -0.15) is 0 Å². The van der Waals surface area contributed by atoms with Crippen molar-refractivity contribution in [3.05, 3.63) is 47.0 Å². The zero-order chi connectivity index (χ0) is 12.0. The Bertz CT molecular complexity index is 751. The van der Waals surface area contributed by atoms with Gasteiger partial charge in [-0.15, -0.1) is 0 Å². The summed E-state index contributed by atoms with van der Waals surface area (Å²) in [6, 6.07) is 7.55. The van der Waals surface area contributed by atoms with Gasteiger partial charge in [0.05, 0.1) is 22.2 Å². The summed E-state index contributed by atoms with van der Waals surface area (Å²) in [6.07, 6.45) is 0.728. The topological polar surface area (TPSA) is 34.4 Å². The second kappa shape index (κ2) is 3.53. The lowest BCUT2D eigenvalue weighted by Crippen LogP contribution is -1.96. The molecule has 0 saturated heterocycles. The van der Waals surface area contributed by atoms with E-state index < -0.39 is 0 Å². The average molecular weight is 249 g/mol. The number of aldehydes is 1. The summed E-state index contributed by atoms with van der Waals surface area (Å²) in [6.45, 7) is 0. The van der Waals surface area contributed by atoms with Crippen molar-refractivity contribution in [1.29, 1.82) is 0 Å². The van der Waals surface area contributed by atoms with Gasteiger partial charge in [0.1, 0.15) is 5.82 Å². The number of rotatable bonds is 1. The van der Waals surface area contributed by atoms with E-state index in [9.17, 15) is 9.18 Å². The van der Waals surface area contributed by atoms with E-state index in [1.54, 1.807) is 22.6 Å². The van der Waals surface area contributed by atoms with Crippen LogP contribution in [0.1, 0.15) is 10.5 Å². The molecule has 0 saturated carbocycles. The molecular formula is C12H6ClFN2O. The molecule has 17 heavy (non-hydrogen) atoms. The Balaban J connectivity index is 2.60. The van der Waals surface area contributed by atoms with Crippen LogP contribution in [0, 0.1) is 5.82 Å². The minimum Gasteiger partial charge on any atom is -0.302 e. The third-order valence-corrected chi connectivity index (χ3v) is 2.92. The predicted molar refractivity (Wildman–Crippen MR) is 63.1 cm³/mol. The van der Waals surface area contributed by atoms with Gasteiger partial charge in [0.25, 0.3) is 0 Å². The highest BCUT2D eigenvalue weighted by atomic mass is 35.5. The zero-order valence-corrected chi connectivity index (χ0v) is 9.28. The van der Waals surface area contributed by atoms with Crippen LogP contribution in [0.2, 0.25) is 5.15 Å². The molecule has 84 valence electrons. The van der Waals surface area contributed by atoms with Crippen molar-refractivity contribution in [1.82, 2.24) is 9.38 Å².